The number of aryl methyl sites for hydroxylation is 1. The van der Waals surface area contributed by atoms with E-state index >= 15 is 0 Å². The van der Waals surface area contributed by atoms with Crippen LogP contribution in [0.2, 0.25) is 0 Å². The fourth-order valence-corrected chi connectivity index (χ4v) is 2.87. The Labute approximate surface area is 208 Å². The van der Waals surface area contributed by atoms with Crippen LogP contribution in [-0.4, -0.2) is 52.5 Å². The van der Waals surface area contributed by atoms with Crippen LogP contribution in [0.5, 0.6) is 0 Å². The molecule has 32 heavy (non-hydrogen) atoms. The van der Waals surface area contributed by atoms with Gasteiger partial charge in [-0.15, -0.1) is 24.0 Å². The van der Waals surface area contributed by atoms with Crippen LogP contribution >= 0.6 is 24.0 Å². The molecule has 1 aromatic carbocycles. The quantitative estimate of drug-likeness (QED) is 0.295. The third kappa shape index (κ3) is 10.3. The van der Waals surface area contributed by atoms with Gasteiger partial charge < -0.3 is 20.3 Å². The molecule has 0 aliphatic heterocycles. The van der Waals surface area contributed by atoms with Crippen LogP contribution in [0.1, 0.15) is 44.4 Å². The Bertz CT molecular complexity index is 858. The fraction of sp³-hybridized carbons (Fsp3) is 0.522. The van der Waals surface area contributed by atoms with Crippen LogP contribution in [0.4, 0.5) is 4.79 Å². The van der Waals surface area contributed by atoms with Gasteiger partial charge in [-0.05, 0) is 50.8 Å². The van der Waals surface area contributed by atoms with Crippen molar-refractivity contribution >= 4 is 36.0 Å². The summed E-state index contributed by atoms with van der Waals surface area (Å²) in [7, 11) is 3.66. The Morgan fingerprint density at radius 2 is 1.81 bits per heavy atom. The number of hydrogen-bond donors (Lipinski definition) is 2. The van der Waals surface area contributed by atoms with E-state index in [1.807, 2.05) is 76.1 Å². The Balaban J connectivity index is 0.00000512. The van der Waals surface area contributed by atoms with Gasteiger partial charge in [0.15, 0.2) is 5.96 Å². The van der Waals surface area contributed by atoms with Crippen molar-refractivity contribution in [2.75, 3.05) is 20.1 Å². The second-order valence-electron chi connectivity index (χ2n) is 8.55. The highest BCUT2D eigenvalue weighted by Gasteiger charge is 2.19. The lowest BCUT2D eigenvalue weighted by molar-refractivity contribution is 0.0285. The molecular weight excluding hydrogens is 519 g/mol. The number of hydrogen-bond acceptors (Lipinski definition) is 4. The Hall–Kier alpha value is -2.30. The highest BCUT2D eigenvalue weighted by atomic mass is 127. The van der Waals surface area contributed by atoms with Crippen molar-refractivity contribution < 1.29 is 9.53 Å². The summed E-state index contributed by atoms with van der Waals surface area (Å²) >= 11 is 0. The van der Waals surface area contributed by atoms with Gasteiger partial charge >= 0.3 is 6.09 Å². The van der Waals surface area contributed by atoms with Gasteiger partial charge in [-0.2, -0.15) is 5.10 Å². The monoisotopic (exact) mass is 556 g/mol. The lowest BCUT2D eigenvalue weighted by Gasteiger charge is -2.24. The number of guanidine groups is 1. The third-order valence-corrected chi connectivity index (χ3v) is 4.38. The average molecular weight is 556 g/mol. The lowest BCUT2D eigenvalue weighted by Crippen LogP contribution is -2.38. The average Bonchev–Trinajstić information content (AvgIpc) is 3.11. The maximum atomic E-state index is 12.1. The first-order chi connectivity index (χ1) is 14.7. The zero-order chi connectivity index (χ0) is 22.9. The van der Waals surface area contributed by atoms with E-state index in [9.17, 15) is 4.79 Å². The van der Waals surface area contributed by atoms with Gasteiger partial charge in [0.1, 0.15) is 5.60 Å². The van der Waals surface area contributed by atoms with Crippen molar-refractivity contribution in [1.29, 1.82) is 0 Å². The molecule has 2 aromatic rings. The molecule has 0 atom stereocenters. The first kappa shape index (κ1) is 27.7. The molecule has 0 fully saturated rings. The topological polar surface area (TPSA) is 83.8 Å². The summed E-state index contributed by atoms with van der Waals surface area (Å²) in [5.41, 5.74) is 2.84. The summed E-state index contributed by atoms with van der Waals surface area (Å²) in [6.45, 7) is 10.3. The van der Waals surface area contributed by atoms with E-state index in [2.05, 4.69) is 20.7 Å². The van der Waals surface area contributed by atoms with Gasteiger partial charge in [-0.1, -0.05) is 24.3 Å². The number of carbonyl (C=O) groups is 1. The number of aliphatic imine (C=N–C) groups is 1. The number of rotatable bonds is 8. The molecule has 9 heteroatoms. The molecule has 0 unspecified atom stereocenters. The number of nitrogens with zero attached hydrogens (tertiary/aromatic N) is 4. The largest absolute Gasteiger partial charge is 0.444 e. The van der Waals surface area contributed by atoms with E-state index in [1.165, 1.54) is 5.56 Å². The predicted molar refractivity (Wildman–Crippen MR) is 139 cm³/mol. The Morgan fingerprint density at radius 1 is 1.16 bits per heavy atom. The standard InChI is InChI=1S/C23H36N6O2.HI/c1-7-24-21(25-13-12-20-15-27-29(6)17-20)26-14-18-8-10-19(11-9-18)16-28(5)22(30)31-23(2,3)4;/h8-11,15,17H,7,12-14,16H2,1-6H3,(H2,24,25,26);1H. The van der Waals surface area contributed by atoms with Crippen LogP contribution in [0, 0.1) is 0 Å². The van der Waals surface area contributed by atoms with Gasteiger partial charge in [-0.25, -0.2) is 9.79 Å². The van der Waals surface area contributed by atoms with Gasteiger partial charge in [-0.3, -0.25) is 4.68 Å². The van der Waals surface area contributed by atoms with E-state index < -0.39 is 5.60 Å². The smallest absolute Gasteiger partial charge is 0.410 e. The summed E-state index contributed by atoms with van der Waals surface area (Å²) < 4.78 is 7.20. The summed E-state index contributed by atoms with van der Waals surface area (Å²) in [6, 6.07) is 8.13. The van der Waals surface area contributed by atoms with Crippen molar-refractivity contribution in [2.24, 2.45) is 12.0 Å². The second-order valence-corrected chi connectivity index (χ2v) is 8.55. The molecule has 0 spiro atoms. The van der Waals surface area contributed by atoms with Crippen LogP contribution in [0.3, 0.4) is 0 Å². The first-order valence-corrected chi connectivity index (χ1v) is 10.7. The number of aromatic nitrogens is 2. The van der Waals surface area contributed by atoms with Crippen LogP contribution < -0.4 is 10.6 Å². The normalized spacial score (nSPS) is 11.5. The minimum atomic E-state index is -0.497. The summed E-state index contributed by atoms with van der Waals surface area (Å²) in [4.78, 5) is 18.4. The lowest BCUT2D eigenvalue weighted by atomic mass is 10.1. The summed E-state index contributed by atoms with van der Waals surface area (Å²) in [5.74, 6) is 0.792. The number of ether oxygens (including phenoxy) is 1. The molecule has 2 rings (SSSR count). The summed E-state index contributed by atoms with van der Waals surface area (Å²) in [5, 5.41) is 10.8. The van der Waals surface area contributed by atoms with Crippen molar-refractivity contribution in [3.63, 3.8) is 0 Å². The molecule has 0 aliphatic rings. The first-order valence-electron chi connectivity index (χ1n) is 10.7. The molecule has 0 bridgehead atoms. The molecule has 1 aromatic heterocycles. The Morgan fingerprint density at radius 3 is 2.38 bits per heavy atom. The molecule has 1 heterocycles. The zero-order valence-electron chi connectivity index (χ0n) is 20.0. The highest BCUT2D eigenvalue weighted by molar-refractivity contribution is 14.0. The number of halogens is 1. The van der Waals surface area contributed by atoms with Gasteiger partial charge in [0, 0.05) is 39.9 Å². The minimum absolute atomic E-state index is 0. The van der Waals surface area contributed by atoms with E-state index in [-0.39, 0.29) is 30.1 Å². The zero-order valence-corrected chi connectivity index (χ0v) is 22.3. The van der Waals surface area contributed by atoms with Crippen molar-refractivity contribution in [2.45, 2.75) is 52.8 Å². The van der Waals surface area contributed by atoms with E-state index in [0.717, 1.165) is 36.6 Å². The van der Waals surface area contributed by atoms with Crippen LogP contribution in [-0.2, 0) is 31.3 Å². The molecule has 0 saturated carbocycles. The predicted octanol–water partition coefficient (Wildman–Crippen LogP) is 3.70. The Kier molecular flexibility index (Phi) is 11.5. The molecule has 2 N–H and O–H groups in total. The molecule has 0 radical (unpaired) electrons. The van der Waals surface area contributed by atoms with E-state index in [4.69, 9.17) is 4.74 Å². The molecule has 0 aliphatic carbocycles. The molecule has 8 nitrogen and oxygen atoms in total. The number of amides is 1. The molecule has 0 saturated heterocycles. The third-order valence-electron chi connectivity index (χ3n) is 4.38. The molecular formula is C23H37IN6O2. The van der Waals surface area contributed by atoms with Gasteiger partial charge in [0.05, 0.1) is 12.7 Å². The van der Waals surface area contributed by atoms with E-state index in [1.54, 1.807) is 11.9 Å². The maximum Gasteiger partial charge on any atom is 0.410 e. The van der Waals surface area contributed by atoms with Crippen molar-refractivity contribution in [3.8, 4) is 0 Å². The van der Waals surface area contributed by atoms with Crippen LogP contribution in [0.25, 0.3) is 0 Å². The van der Waals surface area contributed by atoms with Crippen molar-refractivity contribution in [3.05, 3.63) is 53.3 Å². The van der Waals surface area contributed by atoms with E-state index in [0.29, 0.717) is 13.1 Å². The van der Waals surface area contributed by atoms with Gasteiger partial charge in [0.2, 0.25) is 0 Å². The summed E-state index contributed by atoms with van der Waals surface area (Å²) in [6.07, 6.45) is 4.47. The minimum Gasteiger partial charge on any atom is -0.444 e. The highest BCUT2D eigenvalue weighted by Crippen LogP contribution is 2.12. The fourth-order valence-electron chi connectivity index (χ4n) is 2.87. The number of nitrogens with one attached hydrogen (secondary N) is 2. The maximum absolute atomic E-state index is 12.1. The molecule has 1 amide bonds. The van der Waals surface area contributed by atoms with Gasteiger partial charge in [0.25, 0.3) is 0 Å². The second kappa shape index (κ2) is 13.3. The molecule has 178 valence electrons. The SMILES string of the molecule is CCNC(=NCc1ccc(CN(C)C(=O)OC(C)(C)C)cc1)NCCc1cnn(C)c1.I. The number of carbonyl (C=O) groups excluding carboxylic acids is 1. The van der Waals surface area contributed by atoms with Crippen LogP contribution in [0.15, 0.2) is 41.7 Å². The number of benzene rings is 1. The van der Waals surface area contributed by atoms with Crippen molar-refractivity contribution in [1.82, 2.24) is 25.3 Å².